The SMILES string of the molecule is CN(C(=O)OC(C)(C)C)C1CCN(S(=O)(=O)Cc2ccccc2F)CC1. The monoisotopic (exact) mass is 386 g/mol. The standard InChI is InChI=1S/C18H27FN2O4S/c1-18(2,3)25-17(22)20(4)15-9-11-21(12-10-15)26(23,24)13-14-7-5-6-8-16(14)19/h5-8,15H,9-13H2,1-4H3. The highest BCUT2D eigenvalue weighted by Gasteiger charge is 2.33. The van der Waals surface area contributed by atoms with Crippen molar-refractivity contribution in [3.8, 4) is 0 Å². The van der Waals surface area contributed by atoms with Gasteiger partial charge in [-0.2, -0.15) is 0 Å². The molecule has 0 atom stereocenters. The number of halogens is 1. The molecule has 0 bridgehead atoms. The first-order chi connectivity index (χ1) is 12.0. The van der Waals surface area contributed by atoms with Crippen molar-refractivity contribution in [2.24, 2.45) is 0 Å². The maximum absolute atomic E-state index is 13.7. The number of carbonyl (C=O) groups excluding carboxylic acids is 1. The second-order valence-electron chi connectivity index (χ2n) is 7.57. The normalized spacial score (nSPS) is 17.1. The summed E-state index contributed by atoms with van der Waals surface area (Å²) in [5, 5.41) is 0. The molecule has 2 rings (SSSR count). The largest absolute Gasteiger partial charge is 0.444 e. The van der Waals surface area contributed by atoms with E-state index in [1.54, 1.807) is 33.9 Å². The Morgan fingerprint density at radius 2 is 1.85 bits per heavy atom. The molecule has 26 heavy (non-hydrogen) atoms. The number of carbonyl (C=O) groups is 1. The van der Waals surface area contributed by atoms with Gasteiger partial charge in [-0.1, -0.05) is 18.2 Å². The molecule has 146 valence electrons. The Morgan fingerprint density at radius 1 is 1.27 bits per heavy atom. The van der Waals surface area contributed by atoms with Crippen molar-refractivity contribution in [3.63, 3.8) is 0 Å². The average Bonchev–Trinajstić information content (AvgIpc) is 2.55. The summed E-state index contributed by atoms with van der Waals surface area (Å²) in [5.74, 6) is -0.873. The Morgan fingerprint density at radius 3 is 2.38 bits per heavy atom. The quantitative estimate of drug-likeness (QED) is 0.798. The van der Waals surface area contributed by atoms with Crippen molar-refractivity contribution in [1.29, 1.82) is 0 Å². The number of hydrogen-bond donors (Lipinski definition) is 0. The molecule has 1 fully saturated rings. The fraction of sp³-hybridized carbons (Fsp3) is 0.611. The highest BCUT2D eigenvalue weighted by atomic mass is 32.2. The van der Waals surface area contributed by atoms with Gasteiger partial charge >= 0.3 is 6.09 Å². The molecule has 0 unspecified atom stereocenters. The molecular formula is C18H27FN2O4S. The molecule has 0 aliphatic carbocycles. The second-order valence-corrected chi connectivity index (χ2v) is 9.54. The number of nitrogens with zero attached hydrogens (tertiary/aromatic N) is 2. The van der Waals surface area contributed by atoms with Gasteiger partial charge in [-0.25, -0.2) is 21.9 Å². The molecule has 0 radical (unpaired) electrons. The van der Waals surface area contributed by atoms with Crippen molar-refractivity contribution >= 4 is 16.1 Å². The molecular weight excluding hydrogens is 359 g/mol. The predicted octanol–water partition coefficient (Wildman–Crippen LogP) is 2.99. The zero-order valence-electron chi connectivity index (χ0n) is 15.7. The van der Waals surface area contributed by atoms with E-state index in [9.17, 15) is 17.6 Å². The van der Waals surface area contributed by atoms with Gasteiger partial charge in [0.25, 0.3) is 0 Å². The van der Waals surface area contributed by atoms with Crippen LogP contribution in [0.2, 0.25) is 0 Å². The van der Waals surface area contributed by atoms with Gasteiger partial charge in [0, 0.05) is 31.7 Å². The first-order valence-electron chi connectivity index (χ1n) is 8.66. The second kappa shape index (κ2) is 7.92. The summed E-state index contributed by atoms with van der Waals surface area (Å²) in [6.07, 6.45) is 0.628. The molecule has 0 aromatic heterocycles. The molecule has 1 amide bonds. The maximum Gasteiger partial charge on any atom is 0.410 e. The summed E-state index contributed by atoms with van der Waals surface area (Å²) in [6.45, 7) is 6.01. The molecule has 6 nitrogen and oxygen atoms in total. The fourth-order valence-electron chi connectivity index (χ4n) is 2.89. The van der Waals surface area contributed by atoms with E-state index in [0.717, 1.165) is 0 Å². The third kappa shape index (κ3) is 5.41. The van der Waals surface area contributed by atoms with Crippen molar-refractivity contribution in [2.45, 2.75) is 51.0 Å². The summed E-state index contributed by atoms with van der Waals surface area (Å²) in [6, 6.07) is 5.81. The van der Waals surface area contributed by atoms with E-state index >= 15 is 0 Å². The van der Waals surface area contributed by atoms with Gasteiger partial charge in [0.2, 0.25) is 10.0 Å². The average molecular weight is 386 g/mol. The number of piperidine rings is 1. The highest BCUT2D eigenvalue weighted by Crippen LogP contribution is 2.22. The lowest BCUT2D eigenvalue weighted by Crippen LogP contribution is -2.48. The van der Waals surface area contributed by atoms with E-state index in [1.807, 2.05) is 0 Å². The Labute approximate surface area is 155 Å². The topological polar surface area (TPSA) is 66.9 Å². The number of ether oxygens (including phenoxy) is 1. The zero-order valence-corrected chi connectivity index (χ0v) is 16.6. The molecule has 1 aliphatic heterocycles. The van der Waals surface area contributed by atoms with Crippen molar-refractivity contribution in [1.82, 2.24) is 9.21 Å². The summed E-state index contributed by atoms with van der Waals surface area (Å²) in [5.41, 5.74) is -0.407. The van der Waals surface area contributed by atoms with Crippen LogP contribution in [0.5, 0.6) is 0 Å². The van der Waals surface area contributed by atoms with Crippen molar-refractivity contribution < 1.29 is 22.3 Å². The number of benzene rings is 1. The summed E-state index contributed by atoms with van der Waals surface area (Å²) >= 11 is 0. The Hall–Kier alpha value is -1.67. The van der Waals surface area contributed by atoms with Crippen LogP contribution < -0.4 is 0 Å². The third-order valence-electron chi connectivity index (χ3n) is 4.34. The van der Waals surface area contributed by atoms with Crippen LogP contribution in [0, 0.1) is 5.82 Å². The summed E-state index contributed by atoms with van der Waals surface area (Å²) < 4.78 is 45.6. The summed E-state index contributed by atoms with van der Waals surface area (Å²) in [4.78, 5) is 13.7. The van der Waals surface area contributed by atoms with E-state index in [1.165, 1.54) is 27.4 Å². The Bertz CT molecular complexity index is 738. The molecule has 0 saturated carbocycles. The van der Waals surface area contributed by atoms with E-state index in [2.05, 4.69) is 0 Å². The molecule has 1 aromatic carbocycles. The van der Waals surface area contributed by atoms with E-state index < -0.39 is 27.5 Å². The number of sulfonamides is 1. The van der Waals surface area contributed by atoms with Gasteiger partial charge in [-0.05, 0) is 39.7 Å². The van der Waals surface area contributed by atoms with Gasteiger partial charge in [0.05, 0.1) is 5.75 Å². The smallest absolute Gasteiger partial charge is 0.410 e. The number of hydrogen-bond acceptors (Lipinski definition) is 4. The van der Waals surface area contributed by atoms with Gasteiger partial charge in [-0.15, -0.1) is 0 Å². The first kappa shape index (κ1) is 20.6. The van der Waals surface area contributed by atoms with Crippen LogP contribution in [0.1, 0.15) is 39.2 Å². The van der Waals surface area contributed by atoms with Crippen LogP contribution >= 0.6 is 0 Å². The van der Waals surface area contributed by atoms with E-state index in [4.69, 9.17) is 4.74 Å². The van der Waals surface area contributed by atoms with Crippen molar-refractivity contribution in [2.75, 3.05) is 20.1 Å². The minimum Gasteiger partial charge on any atom is -0.444 e. The summed E-state index contributed by atoms with van der Waals surface area (Å²) in [7, 11) is -1.93. The lowest BCUT2D eigenvalue weighted by Gasteiger charge is -2.36. The van der Waals surface area contributed by atoms with Gasteiger partial charge in [-0.3, -0.25) is 0 Å². The predicted molar refractivity (Wildman–Crippen MR) is 97.6 cm³/mol. The van der Waals surface area contributed by atoms with Crippen molar-refractivity contribution in [3.05, 3.63) is 35.6 Å². The minimum atomic E-state index is -3.60. The molecule has 1 saturated heterocycles. The molecule has 0 N–H and O–H groups in total. The van der Waals surface area contributed by atoms with E-state index in [-0.39, 0.29) is 17.4 Å². The van der Waals surface area contributed by atoms with Gasteiger partial charge in [0.15, 0.2) is 0 Å². The van der Waals surface area contributed by atoms with Crippen LogP contribution in [-0.2, 0) is 20.5 Å². The molecule has 1 aromatic rings. The van der Waals surface area contributed by atoms with Gasteiger partial charge < -0.3 is 9.64 Å². The van der Waals surface area contributed by atoms with Crippen LogP contribution in [-0.4, -0.2) is 55.5 Å². The lowest BCUT2D eigenvalue weighted by atomic mass is 10.1. The van der Waals surface area contributed by atoms with Crippen LogP contribution in [0.4, 0.5) is 9.18 Å². The first-order valence-corrected chi connectivity index (χ1v) is 10.3. The van der Waals surface area contributed by atoms with Gasteiger partial charge in [0.1, 0.15) is 11.4 Å². The zero-order chi connectivity index (χ0) is 19.5. The Kier molecular flexibility index (Phi) is 6.29. The lowest BCUT2D eigenvalue weighted by molar-refractivity contribution is 0.0178. The Balaban J connectivity index is 1.95. The fourth-order valence-corrected chi connectivity index (χ4v) is 4.47. The van der Waals surface area contributed by atoms with Crippen LogP contribution in [0.3, 0.4) is 0 Å². The van der Waals surface area contributed by atoms with Crippen LogP contribution in [0.15, 0.2) is 24.3 Å². The molecule has 0 spiro atoms. The van der Waals surface area contributed by atoms with Crippen LogP contribution in [0.25, 0.3) is 0 Å². The number of rotatable bonds is 4. The highest BCUT2D eigenvalue weighted by molar-refractivity contribution is 7.88. The molecule has 1 heterocycles. The maximum atomic E-state index is 13.7. The van der Waals surface area contributed by atoms with E-state index in [0.29, 0.717) is 25.9 Å². The molecule has 1 aliphatic rings. The minimum absolute atomic E-state index is 0.0789. The number of amides is 1. The molecule has 8 heteroatoms. The third-order valence-corrected chi connectivity index (χ3v) is 6.17.